The third-order valence-corrected chi connectivity index (χ3v) is 3.97. The summed E-state index contributed by atoms with van der Waals surface area (Å²) in [5.74, 6) is -1.14. The molecule has 0 radical (unpaired) electrons. The standard InChI is InChI=1S/C12H21N3O3/c1-13-5-2-6-14-12(18)15-8-3-4-10(15)9(7-8)11(16)17/h8-10,13H,2-7H2,1H3,(H,14,18)(H,16,17). The second-order valence-electron chi connectivity index (χ2n) is 5.08. The van der Waals surface area contributed by atoms with Gasteiger partial charge < -0.3 is 20.6 Å². The average molecular weight is 255 g/mol. The molecule has 3 N–H and O–H groups in total. The van der Waals surface area contributed by atoms with E-state index in [1.807, 2.05) is 7.05 Å². The van der Waals surface area contributed by atoms with E-state index in [0.29, 0.717) is 13.0 Å². The van der Waals surface area contributed by atoms with Crippen molar-refractivity contribution in [1.29, 1.82) is 0 Å². The normalized spacial score (nSPS) is 29.6. The molecule has 102 valence electrons. The number of carboxylic acid groups (broad SMARTS) is 1. The van der Waals surface area contributed by atoms with Gasteiger partial charge in [-0.05, 0) is 39.3 Å². The van der Waals surface area contributed by atoms with Gasteiger partial charge in [-0.15, -0.1) is 0 Å². The molecule has 18 heavy (non-hydrogen) atoms. The summed E-state index contributed by atoms with van der Waals surface area (Å²) in [6.07, 6.45) is 3.27. The Labute approximate surface area is 107 Å². The minimum absolute atomic E-state index is 0.0950. The summed E-state index contributed by atoms with van der Waals surface area (Å²) in [4.78, 5) is 24.9. The van der Waals surface area contributed by atoms with Crippen molar-refractivity contribution in [2.45, 2.75) is 37.8 Å². The monoisotopic (exact) mass is 255 g/mol. The third-order valence-electron chi connectivity index (χ3n) is 3.97. The van der Waals surface area contributed by atoms with Crippen LogP contribution in [0.2, 0.25) is 0 Å². The number of carbonyl (C=O) groups excluding carboxylic acids is 1. The Hall–Kier alpha value is -1.30. The summed E-state index contributed by atoms with van der Waals surface area (Å²) < 4.78 is 0. The van der Waals surface area contributed by atoms with Gasteiger partial charge in [-0.2, -0.15) is 0 Å². The second kappa shape index (κ2) is 5.56. The molecule has 2 aliphatic heterocycles. The molecule has 2 heterocycles. The maximum atomic E-state index is 12.0. The lowest BCUT2D eigenvalue weighted by molar-refractivity contribution is -0.142. The van der Waals surface area contributed by atoms with E-state index < -0.39 is 5.97 Å². The molecule has 0 saturated carbocycles. The number of aliphatic carboxylic acids is 1. The lowest BCUT2D eigenvalue weighted by atomic mass is 9.89. The Morgan fingerprint density at radius 2 is 2.11 bits per heavy atom. The number of hydrogen-bond acceptors (Lipinski definition) is 3. The van der Waals surface area contributed by atoms with E-state index in [9.17, 15) is 9.59 Å². The van der Waals surface area contributed by atoms with Gasteiger partial charge >= 0.3 is 12.0 Å². The van der Waals surface area contributed by atoms with Crippen molar-refractivity contribution in [1.82, 2.24) is 15.5 Å². The van der Waals surface area contributed by atoms with Crippen LogP contribution < -0.4 is 10.6 Å². The van der Waals surface area contributed by atoms with Crippen molar-refractivity contribution >= 4 is 12.0 Å². The number of amides is 2. The zero-order chi connectivity index (χ0) is 13.1. The largest absolute Gasteiger partial charge is 0.481 e. The van der Waals surface area contributed by atoms with Gasteiger partial charge in [0.2, 0.25) is 0 Å². The van der Waals surface area contributed by atoms with Gasteiger partial charge in [-0.25, -0.2) is 4.79 Å². The van der Waals surface area contributed by atoms with Crippen LogP contribution in [0, 0.1) is 5.92 Å². The van der Waals surface area contributed by atoms with Crippen LogP contribution in [0.4, 0.5) is 4.79 Å². The fourth-order valence-corrected chi connectivity index (χ4v) is 3.12. The average Bonchev–Trinajstić information content (AvgIpc) is 2.91. The second-order valence-corrected chi connectivity index (χ2v) is 5.08. The molecule has 6 heteroatoms. The minimum Gasteiger partial charge on any atom is -0.481 e. The first kappa shape index (κ1) is 13.1. The number of nitrogens with one attached hydrogen (secondary N) is 2. The van der Waals surface area contributed by atoms with Crippen LogP contribution in [0.15, 0.2) is 0 Å². The van der Waals surface area contributed by atoms with Gasteiger partial charge in [0, 0.05) is 18.6 Å². The predicted molar refractivity (Wildman–Crippen MR) is 66.3 cm³/mol. The third kappa shape index (κ3) is 2.43. The van der Waals surface area contributed by atoms with Crippen LogP contribution in [0.3, 0.4) is 0 Å². The Morgan fingerprint density at radius 1 is 1.33 bits per heavy atom. The van der Waals surface area contributed by atoms with Crippen LogP contribution in [0.1, 0.15) is 25.7 Å². The molecular weight excluding hydrogens is 234 g/mol. The van der Waals surface area contributed by atoms with Crippen LogP contribution >= 0.6 is 0 Å². The van der Waals surface area contributed by atoms with Gasteiger partial charge in [0.25, 0.3) is 0 Å². The fourth-order valence-electron chi connectivity index (χ4n) is 3.12. The molecule has 0 spiro atoms. The van der Waals surface area contributed by atoms with E-state index in [1.165, 1.54) is 0 Å². The van der Waals surface area contributed by atoms with Gasteiger partial charge in [0.05, 0.1) is 5.92 Å². The molecule has 2 bridgehead atoms. The van der Waals surface area contributed by atoms with Crippen molar-refractivity contribution in [3.63, 3.8) is 0 Å². The van der Waals surface area contributed by atoms with Crippen LogP contribution in [0.5, 0.6) is 0 Å². The summed E-state index contributed by atoms with van der Waals surface area (Å²) in [5, 5.41) is 15.0. The van der Waals surface area contributed by atoms with Crippen LogP contribution in [-0.2, 0) is 4.79 Å². The van der Waals surface area contributed by atoms with Gasteiger partial charge in [-0.3, -0.25) is 4.79 Å². The zero-order valence-corrected chi connectivity index (χ0v) is 10.7. The molecule has 3 unspecified atom stereocenters. The number of urea groups is 1. The summed E-state index contributed by atoms with van der Waals surface area (Å²) >= 11 is 0. The molecular formula is C12H21N3O3. The van der Waals surface area contributed by atoms with Gasteiger partial charge in [0.1, 0.15) is 0 Å². The molecule has 2 saturated heterocycles. The maximum Gasteiger partial charge on any atom is 0.317 e. The van der Waals surface area contributed by atoms with Crippen molar-refractivity contribution in [3.8, 4) is 0 Å². The van der Waals surface area contributed by atoms with Crippen molar-refractivity contribution < 1.29 is 14.7 Å². The Bertz CT molecular complexity index is 335. The lowest BCUT2D eigenvalue weighted by Gasteiger charge is -2.23. The van der Waals surface area contributed by atoms with E-state index in [4.69, 9.17) is 5.11 Å². The zero-order valence-electron chi connectivity index (χ0n) is 10.7. The molecule has 2 rings (SSSR count). The minimum atomic E-state index is -0.768. The van der Waals surface area contributed by atoms with E-state index >= 15 is 0 Å². The van der Waals surface area contributed by atoms with Crippen LogP contribution in [-0.4, -0.2) is 54.2 Å². The first-order valence-corrected chi connectivity index (χ1v) is 6.58. The molecule has 6 nitrogen and oxygen atoms in total. The summed E-state index contributed by atoms with van der Waals surface area (Å²) in [7, 11) is 1.87. The Balaban J connectivity index is 1.86. The molecule has 0 aliphatic carbocycles. The number of nitrogens with zero attached hydrogens (tertiary/aromatic N) is 1. The Morgan fingerprint density at radius 3 is 2.72 bits per heavy atom. The van der Waals surface area contributed by atoms with E-state index in [0.717, 1.165) is 25.8 Å². The van der Waals surface area contributed by atoms with Gasteiger partial charge in [-0.1, -0.05) is 0 Å². The van der Waals surface area contributed by atoms with Crippen LogP contribution in [0.25, 0.3) is 0 Å². The molecule has 2 fully saturated rings. The number of hydrogen-bond donors (Lipinski definition) is 3. The van der Waals surface area contributed by atoms with Crippen molar-refractivity contribution in [3.05, 3.63) is 0 Å². The SMILES string of the molecule is CNCCCNC(=O)N1C2CCC1C(C(=O)O)C2. The summed E-state index contributed by atoms with van der Waals surface area (Å²) in [5.41, 5.74) is 0. The first-order chi connectivity index (χ1) is 8.65. The van der Waals surface area contributed by atoms with Gasteiger partial charge in [0.15, 0.2) is 0 Å². The lowest BCUT2D eigenvalue weighted by Crippen LogP contribution is -2.44. The summed E-state index contributed by atoms with van der Waals surface area (Å²) in [6.45, 7) is 1.50. The first-order valence-electron chi connectivity index (χ1n) is 6.58. The molecule has 3 atom stereocenters. The number of rotatable bonds is 5. The molecule has 2 amide bonds. The Kier molecular flexibility index (Phi) is 4.06. The molecule has 0 aromatic rings. The molecule has 0 aromatic heterocycles. The highest BCUT2D eigenvalue weighted by molar-refractivity contribution is 5.79. The summed E-state index contributed by atoms with van der Waals surface area (Å²) in [6, 6.07) is -0.0699. The topological polar surface area (TPSA) is 81.7 Å². The number of carbonyl (C=O) groups is 2. The number of carboxylic acids is 1. The predicted octanol–water partition coefficient (Wildman–Crippen LogP) is 0.243. The molecule has 2 aliphatic rings. The molecule has 0 aromatic carbocycles. The quantitative estimate of drug-likeness (QED) is 0.615. The van der Waals surface area contributed by atoms with Crippen molar-refractivity contribution in [2.75, 3.05) is 20.1 Å². The van der Waals surface area contributed by atoms with E-state index in [1.54, 1.807) is 4.90 Å². The smallest absolute Gasteiger partial charge is 0.317 e. The highest BCUT2D eigenvalue weighted by Gasteiger charge is 2.51. The maximum absolute atomic E-state index is 12.0. The van der Waals surface area contributed by atoms with Crippen molar-refractivity contribution in [2.24, 2.45) is 5.92 Å². The fraction of sp³-hybridized carbons (Fsp3) is 0.833. The number of fused-ring (bicyclic) bond motifs is 2. The van der Waals surface area contributed by atoms with E-state index in [-0.39, 0.29) is 24.0 Å². The van der Waals surface area contributed by atoms with E-state index in [2.05, 4.69) is 10.6 Å². The highest BCUT2D eigenvalue weighted by atomic mass is 16.4. The highest BCUT2D eigenvalue weighted by Crippen LogP contribution is 2.41.